The highest BCUT2D eigenvalue weighted by Gasteiger charge is 2.52. The molecule has 1 aliphatic carbocycles. The molecule has 25 heavy (non-hydrogen) atoms. The van der Waals surface area contributed by atoms with E-state index in [2.05, 4.69) is 0 Å². The van der Waals surface area contributed by atoms with Gasteiger partial charge >= 0.3 is 0 Å². The van der Waals surface area contributed by atoms with Crippen molar-refractivity contribution in [2.24, 2.45) is 28.6 Å². The molecule has 1 aliphatic heterocycles. The Morgan fingerprint density at radius 1 is 1.16 bits per heavy atom. The van der Waals surface area contributed by atoms with Crippen LogP contribution in [-0.4, -0.2) is 29.0 Å². The fourth-order valence-corrected chi connectivity index (χ4v) is 4.62. The molecular weight excluding hydrogens is 314 g/mol. The molecule has 0 N–H and O–H groups in total. The maximum absolute atomic E-state index is 12.9. The quantitative estimate of drug-likeness (QED) is 0.698. The first-order valence-electron chi connectivity index (χ1n) is 9.92. The molecule has 1 saturated heterocycles. The lowest BCUT2D eigenvalue weighted by molar-refractivity contribution is -0.144. The van der Waals surface area contributed by atoms with Crippen LogP contribution in [-0.2, 0) is 14.4 Å². The molecule has 4 heteroatoms. The van der Waals surface area contributed by atoms with Crippen LogP contribution in [0.4, 0.5) is 0 Å². The Balaban J connectivity index is 1.97. The second-order valence-electron chi connectivity index (χ2n) is 9.48. The van der Waals surface area contributed by atoms with E-state index in [1.54, 1.807) is 0 Å². The number of hydrogen-bond acceptors (Lipinski definition) is 3. The molecule has 0 spiro atoms. The third-order valence-corrected chi connectivity index (χ3v) is 6.57. The third-order valence-electron chi connectivity index (χ3n) is 6.57. The monoisotopic (exact) mass is 349 g/mol. The van der Waals surface area contributed by atoms with Gasteiger partial charge in [-0.25, -0.2) is 0 Å². The van der Waals surface area contributed by atoms with Crippen molar-refractivity contribution in [3.05, 3.63) is 0 Å². The SMILES string of the molecule is CCC1(C(C)C)CC(=O)N(CC2CCC(C(=O)C(C)(C)C)CC2)C1=O. The number of hydrogen-bond donors (Lipinski definition) is 0. The van der Waals surface area contributed by atoms with E-state index in [9.17, 15) is 14.4 Å². The minimum atomic E-state index is -0.503. The molecule has 1 saturated carbocycles. The lowest BCUT2D eigenvalue weighted by Gasteiger charge is -2.34. The first-order valence-corrected chi connectivity index (χ1v) is 9.92. The number of carbonyl (C=O) groups is 3. The van der Waals surface area contributed by atoms with Gasteiger partial charge in [0.15, 0.2) is 0 Å². The summed E-state index contributed by atoms with van der Waals surface area (Å²) in [6.45, 7) is 12.6. The number of ketones is 1. The average Bonchev–Trinajstić information content (AvgIpc) is 2.79. The molecule has 2 rings (SSSR count). The number of imide groups is 1. The Morgan fingerprint density at radius 3 is 2.12 bits per heavy atom. The number of Topliss-reactive ketones (excluding diaryl/α,β-unsaturated/α-hetero) is 1. The number of nitrogens with zero attached hydrogens (tertiary/aromatic N) is 1. The van der Waals surface area contributed by atoms with E-state index in [4.69, 9.17) is 0 Å². The van der Waals surface area contributed by atoms with Gasteiger partial charge in [0.1, 0.15) is 5.78 Å². The summed E-state index contributed by atoms with van der Waals surface area (Å²) in [5.41, 5.74) is -0.785. The normalized spacial score (nSPS) is 31.1. The molecule has 0 aromatic heterocycles. The van der Waals surface area contributed by atoms with E-state index < -0.39 is 5.41 Å². The van der Waals surface area contributed by atoms with Gasteiger partial charge in [0.05, 0.1) is 5.41 Å². The lowest BCUT2D eigenvalue weighted by Crippen LogP contribution is -2.41. The zero-order chi connectivity index (χ0) is 19.0. The van der Waals surface area contributed by atoms with E-state index in [1.807, 2.05) is 41.5 Å². The van der Waals surface area contributed by atoms with Gasteiger partial charge in [0.2, 0.25) is 11.8 Å². The Labute approximate surface area is 152 Å². The first kappa shape index (κ1) is 20.1. The predicted octanol–water partition coefficient (Wildman–Crippen LogP) is 4.22. The lowest BCUT2D eigenvalue weighted by atomic mass is 9.73. The highest BCUT2D eigenvalue weighted by Crippen LogP contribution is 2.43. The Hall–Kier alpha value is -1.19. The summed E-state index contributed by atoms with van der Waals surface area (Å²) in [7, 11) is 0. The number of likely N-dealkylation sites (tertiary alicyclic amines) is 1. The third kappa shape index (κ3) is 3.83. The van der Waals surface area contributed by atoms with E-state index in [1.165, 1.54) is 4.90 Å². The molecule has 2 fully saturated rings. The Kier molecular flexibility index (Phi) is 5.80. The summed E-state index contributed by atoms with van der Waals surface area (Å²) in [4.78, 5) is 39.4. The minimum Gasteiger partial charge on any atom is -0.299 e. The van der Waals surface area contributed by atoms with Crippen molar-refractivity contribution in [3.63, 3.8) is 0 Å². The van der Waals surface area contributed by atoms with Gasteiger partial charge in [-0.05, 0) is 43.9 Å². The van der Waals surface area contributed by atoms with Crippen molar-refractivity contribution in [2.75, 3.05) is 6.54 Å². The molecule has 4 nitrogen and oxygen atoms in total. The largest absolute Gasteiger partial charge is 0.299 e. The zero-order valence-electron chi connectivity index (χ0n) is 16.9. The molecule has 1 unspecified atom stereocenters. The highest BCUT2D eigenvalue weighted by molar-refractivity contribution is 6.06. The van der Waals surface area contributed by atoms with E-state index in [0.29, 0.717) is 24.7 Å². The molecular formula is C21H35NO3. The van der Waals surface area contributed by atoms with Gasteiger partial charge in [0, 0.05) is 24.3 Å². The second-order valence-corrected chi connectivity index (χ2v) is 9.48. The van der Waals surface area contributed by atoms with Crippen LogP contribution in [0.15, 0.2) is 0 Å². The van der Waals surface area contributed by atoms with Gasteiger partial charge in [-0.1, -0.05) is 41.5 Å². The van der Waals surface area contributed by atoms with Gasteiger partial charge in [-0.15, -0.1) is 0 Å². The van der Waals surface area contributed by atoms with Crippen LogP contribution in [0.2, 0.25) is 0 Å². The van der Waals surface area contributed by atoms with Crippen LogP contribution in [0.3, 0.4) is 0 Å². The van der Waals surface area contributed by atoms with Crippen molar-refractivity contribution in [1.82, 2.24) is 4.90 Å². The topological polar surface area (TPSA) is 54.5 Å². The predicted molar refractivity (Wildman–Crippen MR) is 98.8 cm³/mol. The summed E-state index contributed by atoms with van der Waals surface area (Å²) in [5, 5.41) is 0. The molecule has 2 amide bonds. The molecule has 0 aromatic rings. The van der Waals surface area contributed by atoms with Crippen LogP contribution < -0.4 is 0 Å². The summed E-state index contributed by atoms with van der Waals surface area (Å²) in [6, 6.07) is 0. The maximum Gasteiger partial charge on any atom is 0.236 e. The summed E-state index contributed by atoms with van der Waals surface area (Å²) < 4.78 is 0. The molecule has 2 aliphatic rings. The van der Waals surface area contributed by atoms with Crippen molar-refractivity contribution >= 4 is 17.6 Å². The number of rotatable bonds is 5. The van der Waals surface area contributed by atoms with Gasteiger partial charge in [-0.2, -0.15) is 0 Å². The fraction of sp³-hybridized carbons (Fsp3) is 0.857. The highest BCUT2D eigenvalue weighted by atomic mass is 16.2. The van der Waals surface area contributed by atoms with E-state index in [0.717, 1.165) is 32.1 Å². The second kappa shape index (κ2) is 7.20. The van der Waals surface area contributed by atoms with Crippen LogP contribution >= 0.6 is 0 Å². The molecule has 0 radical (unpaired) electrons. The smallest absolute Gasteiger partial charge is 0.236 e. The average molecular weight is 350 g/mol. The maximum atomic E-state index is 12.9. The van der Waals surface area contributed by atoms with Crippen LogP contribution in [0, 0.1) is 28.6 Å². The summed E-state index contributed by atoms with van der Waals surface area (Å²) in [6.07, 6.45) is 4.73. The molecule has 0 aromatic carbocycles. The van der Waals surface area contributed by atoms with Crippen molar-refractivity contribution in [3.8, 4) is 0 Å². The Bertz CT molecular complexity index is 538. The van der Waals surface area contributed by atoms with Gasteiger partial charge in [0.25, 0.3) is 0 Å². The van der Waals surface area contributed by atoms with Gasteiger partial charge < -0.3 is 0 Å². The standard InChI is InChI=1S/C21H35NO3/c1-7-21(14(2)3)12-17(23)22(19(21)25)13-15-8-10-16(11-9-15)18(24)20(4,5)6/h14-16H,7-13H2,1-6H3. The van der Waals surface area contributed by atoms with Gasteiger partial charge in [-0.3, -0.25) is 19.3 Å². The first-order chi connectivity index (χ1) is 11.5. The summed E-state index contributed by atoms with van der Waals surface area (Å²) >= 11 is 0. The number of amides is 2. The molecule has 1 heterocycles. The van der Waals surface area contributed by atoms with E-state index in [-0.39, 0.29) is 29.1 Å². The van der Waals surface area contributed by atoms with Crippen LogP contribution in [0.25, 0.3) is 0 Å². The molecule has 142 valence electrons. The van der Waals surface area contributed by atoms with Crippen molar-refractivity contribution in [1.29, 1.82) is 0 Å². The Morgan fingerprint density at radius 2 is 1.72 bits per heavy atom. The summed E-state index contributed by atoms with van der Waals surface area (Å²) in [5.74, 6) is 1.04. The van der Waals surface area contributed by atoms with Crippen LogP contribution in [0.5, 0.6) is 0 Å². The molecule has 1 atom stereocenters. The van der Waals surface area contributed by atoms with Crippen molar-refractivity contribution < 1.29 is 14.4 Å². The minimum absolute atomic E-state index is 0.00607. The zero-order valence-corrected chi connectivity index (χ0v) is 16.9. The number of carbonyl (C=O) groups excluding carboxylic acids is 3. The van der Waals surface area contributed by atoms with Crippen LogP contribution in [0.1, 0.15) is 80.1 Å². The van der Waals surface area contributed by atoms with E-state index >= 15 is 0 Å². The van der Waals surface area contributed by atoms with Crippen molar-refractivity contribution in [2.45, 2.75) is 80.1 Å². The molecule has 0 bridgehead atoms. The fourth-order valence-electron chi connectivity index (χ4n) is 4.62.